The molecule has 1 aliphatic rings. The minimum atomic E-state index is -0.650. The van der Waals surface area contributed by atoms with Crippen molar-refractivity contribution in [3.63, 3.8) is 0 Å². The SMILES string of the molecule is COC(=O)c1ccccc1NC(=O)/C(C#N)=C\NCC1COc2ccccc2O1. The number of nitriles is 1. The molecular weight excluding hydrogens is 374 g/mol. The van der Waals surface area contributed by atoms with E-state index in [0.29, 0.717) is 24.7 Å². The second-order valence-electron chi connectivity index (χ2n) is 6.07. The first-order chi connectivity index (χ1) is 14.1. The van der Waals surface area contributed by atoms with E-state index < -0.39 is 11.9 Å². The molecule has 1 heterocycles. The zero-order valence-electron chi connectivity index (χ0n) is 15.7. The predicted octanol–water partition coefficient (Wildman–Crippen LogP) is 2.25. The van der Waals surface area contributed by atoms with Crippen LogP contribution < -0.4 is 20.1 Å². The summed E-state index contributed by atoms with van der Waals surface area (Å²) in [5.74, 6) is 0.0894. The van der Waals surface area contributed by atoms with E-state index in [1.165, 1.54) is 19.4 Å². The Kier molecular flexibility index (Phi) is 6.32. The Morgan fingerprint density at radius 2 is 1.93 bits per heavy atom. The molecule has 3 rings (SSSR count). The number of hydrogen-bond donors (Lipinski definition) is 2. The second kappa shape index (κ2) is 9.28. The summed E-state index contributed by atoms with van der Waals surface area (Å²) in [5, 5.41) is 14.8. The van der Waals surface area contributed by atoms with Gasteiger partial charge in [-0.2, -0.15) is 5.26 Å². The summed E-state index contributed by atoms with van der Waals surface area (Å²) in [6.45, 7) is 0.685. The van der Waals surface area contributed by atoms with Crippen LogP contribution in [-0.2, 0) is 9.53 Å². The highest BCUT2D eigenvalue weighted by Gasteiger charge is 2.20. The molecule has 0 saturated heterocycles. The first-order valence-electron chi connectivity index (χ1n) is 8.83. The fourth-order valence-electron chi connectivity index (χ4n) is 2.67. The zero-order valence-corrected chi connectivity index (χ0v) is 15.7. The van der Waals surface area contributed by atoms with E-state index in [1.54, 1.807) is 18.2 Å². The van der Waals surface area contributed by atoms with Crippen LogP contribution in [-0.4, -0.2) is 38.2 Å². The maximum absolute atomic E-state index is 12.4. The van der Waals surface area contributed by atoms with Crippen LogP contribution in [0.25, 0.3) is 0 Å². The van der Waals surface area contributed by atoms with Crippen LogP contribution in [0.1, 0.15) is 10.4 Å². The normalized spacial score (nSPS) is 15.0. The smallest absolute Gasteiger partial charge is 0.339 e. The van der Waals surface area contributed by atoms with Gasteiger partial charge < -0.3 is 24.8 Å². The lowest BCUT2D eigenvalue weighted by Gasteiger charge is -2.26. The highest BCUT2D eigenvalue weighted by molar-refractivity contribution is 6.09. The quantitative estimate of drug-likeness (QED) is 0.440. The highest BCUT2D eigenvalue weighted by atomic mass is 16.6. The van der Waals surface area contributed by atoms with Crippen molar-refractivity contribution in [2.45, 2.75) is 6.10 Å². The number of esters is 1. The van der Waals surface area contributed by atoms with Gasteiger partial charge in [0, 0.05) is 6.20 Å². The van der Waals surface area contributed by atoms with E-state index in [4.69, 9.17) is 14.2 Å². The molecule has 1 unspecified atom stereocenters. The van der Waals surface area contributed by atoms with Crippen molar-refractivity contribution in [3.8, 4) is 17.6 Å². The Labute approximate surface area is 167 Å². The zero-order chi connectivity index (χ0) is 20.6. The van der Waals surface area contributed by atoms with E-state index in [9.17, 15) is 14.9 Å². The molecule has 0 aliphatic carbocycles. The fraction of sp³-hybridized carbons (Fsp3) is 0.190. The Balaban J connectivity index is 1.60. The summed E-state index contributed by atoms with van der Waals surface area (Å²) in [7, 11) is 1.25. The lowest BCUT2D eigenvalue weighted by molar-refractivity contribution is -0.112. The minimum Gasteiger partial charge on any atom is -0.486 e. The van der Waals surface area contributed by atoms with Crippen molar-refractivity contribution in [1.82, 2.24) is 5.32 Å². The van der Waals surface area contributed by atoms with Crippen molar-refractivity contribution < 1.29 is 23.8 Å². The van der Waals surface area contributed by atoms with Gasteiger partial charge in [0.05, 0.1) is 24.9 Å². The van der Waals surface area contributed by atoms with Gasteiger partial charge in [-0.3, -0.25) is 4.79 Å². The largest absolute Gasteiger partial charge is 0.486 e. The summed E-state index contributed by atoms with van der Waals surface area (Å²) in [4.78, 5) is 24.2. The average molecular weight is 393 g/mol. The van der Waals surface area contributed by atoms with Crippen molar-refractivity contribution in [3.05, 3.63) is 65.9 Å². The number of nitrogens with one attached hydrogen (secondary N) is 2. The van der Waals surface area contributed by atoms with Gasteiger partial charge in [-0.1, -0.05) is 24.3 Å². The van der Waals surface area contributed by atoms with Gasteiger partial charge >= 0.3 is 5.97 Å². The van der Waals surface area contributed by atoms with Gasteiger partial charge in [-0.15, -0.1) is 0 Å². The third-order valence-corrected chi connectivity index (χ3v) is 4.11. The third-order valence-electron chi connectivity index (χ3n) is 4.11. The number of amides is 1. The molecule has 0 spiro atoms. The summed E-state index contributed by atoms with van der Waals surface area (Å²) < 4.78 is 16.1. The van der Waals surface area contributed by atoms with Crippen LogP contribution in [0.2, 0.25) is 0 Å². The number of ether oxygens (including phenoxy) is 3. The van der Waals surface area contributed by atoms with Crippen LogP contribution in [0.5, 0.6) is 11.5 Å². The molecule has 0 fully saturated rings. The molecule has 2 aromatic carbocycles. The van der Waals surface area contributed by atoms with Crippen LogP contribution in [0, 0.1) is 11.3 Å². The Bertz CT molecular complexity index is 980. The topological polar surface area (TPSA) is 110 Å². The van der Waals surface area contributed by atoms with Crippen LogP contribution in [0.4, 0.5) is 5.69 Å². The molecule has 0 radical (unpaired) electrons. The van der Waals surface area contributed by atoms with Crippen LogP contribution in [0.15, 0.2) is 60.3 Å². The lowest BCUT2D eigenvalue weighted by atomic mass is 10.1. The highest BCUT2D eigenvalue weighted by Crippen LogP contribution is 2.30. The summed E-state index contributed by atoms with van der Waals surface area (Å²) in [6.07, 6.45) is 1.03. The third kappa shape index (κ3) is 4.84. The van der Waals surface area contributed by atoms with Crippen LogP contribution >= 0.6 is 0 Å². The molecule has 1 aliphatic heterocycles. The van der Waals surface area contributed by atoms with Crippen LogP contribution in [0.3, 0.4) is 0 Å². The second-order valence-corrected chi connectivity index (χ2v) is 6.07. The number of carbonyl (C=O) groups excluding carboxylic acids is 2. The van der Waals surface area contributed by atoms with E-state index in [2.05, 4.69) is 10.6 Å². The van der Waals surface area contributed by atoms with Gasteiger partial charge in [0.2, 0.25) is 0 Å². The van der Waals surface area contributed by atoms with E-state index >= 15 is 0 Å². The number of hydrogen-bond acceptors (Lipinski definition) is 7. The molecule has 8 heteroatoms. The maximum atomic E-state index is 12.4. The van der Waals surface area contributed by atoms with Crippen molar-refractivity contribution in [2.75, 3.05) is 25.6 Å². The predicted molar refractivity (Wildman–Crippen MR) is 104 cm³/mol. The number of nitrogens with zero attached hydrogens (tertiary/aromatic N) is 1. The molecule has 8 nitrogen and oxygen atoms in total. The molecule has 29 heavy (non-hydrogen) atoms. The molecule has 2 aromatic rings. The number of methoxy groups -OCH3 is 1. The fourth-order valence-corrected chi connectivity index (χ4v) is 2.67. The first-order valence-corrected chi connectivity index (χ1v) is 8.83. The standard InChI is InChI=1S/C21H19N3O5/c1-27-21(26)16-6-2-3-7-17(16)24-20(25)14(10-22)11-23-12-15-13-28-18-8-4-5-9-19(18)29-15/h2-9,11,15,23H,12-13H2,1H3,(H,24,25)/b14-11-. The number of anilines is 1. The summed E-state index contributed by atoms with van der Waals surface area (Å²) >= 11 is 0. The van der Waals surface area contributed by atoms with E-state index in [0.717, 1.165) is 0 Å². The summed E-state index contributed by atoms with van der Waals surface area (Å²) in [6, 6.07) is 15.6. The molecular formula is C21H19N3O5. The minimum absolute atomic E-state index is 0.151. The molecule has 148 valence electrons. The van der Waals surface area contributed by atoms with Gasteiger partial charge in [0.15, 0.2) is 11.5 Å². The first kappa shape index (κ1) is 19.8. The van der Waals surface area contributed by atoms with Gasteiger partial charge in [0.1, 0.15) is 24.4 Å². The molecule has 1 amide bonds. The lowest BCUT2D eigenvalue weighted by Crippen LogP contribution is -2.37. The van der Waals surface area contributed by atoms with E-state index in [-0.39, 0.29) is 22.9 Å². The molecule has 1 atom stereocenters. The Morgan fingerprint density at radius 1 is 1.21 bits per heavy atom. The molecule has 0 saturated carbocycles. The van der Waals surface area contributed by atoms with Gasteiger partial charge in [-0.05, 0) is 24.3 Å². The maximum Gasteiger partial charge on any atom is 0.339 e. The number of para-hydroxylation sites is 3. The van der Waals surface area contributed by atoms with Crippen molar-refractivity contribution >= 4 is 17.6 Å². The average Bonchev–Trinajstić information content (AvgIpc) is 2.76. The molecule has 0 bridgehead atoms. The van der Waals surface area contributed by atoms with Crippen molar-refractivity contribution in [2.24, 2.45) is 0 Å². The number of rotatable bonds is 6. The summed E-state index contributed by atoms with van der Waals surface area (Å²) in [5.41, 5.74) is 0.299. The number of fused-ring (bicyclic) bond motifs is 1. The molecule has 0 aromatic heterocycles. The van der Waals surface area contributed by atoms with Gasteiger partial charge in [0.25, 0.3) is 5.91 Å². The van der Waals surface area contributed by atoms with Crippen molar-refractivity contribution in [1.29, 1.82) is 5.26 Å². The van der Waals surface area contributed by atoms with Gasteiger partial charge in [-0.25, -0.2) is 4.79 Å². The monoisotopic (exact) mass is 393 g/mol. The number of benzene rings is 2. The van der Waals surface area contributed by atoms with E-state index in [1.807, 2.05) is 30.3 Å². The number of carbonyl (C=O) groups is 2. The Hall–Kier alpha value is -3.99. The Morgan fingerprint density at radius 3 is 2.69 bits per heavy atom. The molecule has 2 N–H and O–H groups in total.